The van der Waals surface area contributed by atoms with Crippen molar-refractivity contribution in [1.82, 2.24) is 9.36 Å². The molecule has 1 unspecified atom stereocenters. The van der Waals surface area contributed by atoms with E-state index in [-0.39, 0.29) is 11.6 Å². The average Bonchev–Trinajstić information content (AvgIpc) is 2.87. The van der Waals surface area contributed by atoms with Crippen LogP contribution in [0.4, 0.5) is 5.00 Å². The summed E-state index contributed by atoms with van der Waals surface area (Å²) in [6.07, 6.45) is 1.73. The van der Waals surface area contributed by atoms with Crippen molar-refractivity contribution >= 4 is 33.8 Å². The van der Waals surface area contributed by atoms with Crippen molar-refractivity contribution in [2.75, 3.05) is 5.32 Å². The van der Waals surface area contributed by atoms with Crippen LogP contribution in [0.2, 0.25) is 0 Å². The molecule has 0 spiro atoms. The summed E-state index contributed by atoms with van der Waals surface area (Å²) >= 11 is 2.70. The van der Waals surface area contributed by atoms with Crippen LogP contribution in [0.15, 0.2) is 11.6 Å². The molecular formula is C10H11N3O2S2. The highest BCUT2D eigenvalue weighted by Gasteiger charge is 2.19. The summed E-state index contributed by atoms with van der Waals surface area (Å²) < 4.78 is 4.05. The summed E-state index contributed by atoms with van der Waals surface area (Å²) in [6.45, 7) is 3.64. The van der Waals surface area contributed by atoms with E-state index in [1.54, 1.807) is 13.1 Å². The highest BCUT2D eigenvalue weighted by Crippen LogP contribution is 2.29. The van der Waals surface area contributed by atoms with Crippen LogP contribution >= 0.6 is 22.9 Å². The second kappa shape index (κ2) is 4.80. The molecule has 0 fully saturated rings. The Bertz CT molecular complexity index is 522. The monoisotopic (exact) mass is 269 g/mol. The summed E-state index contributed by atoms with van der Waals surface area (Å²) in [4.78, 5) is 15.3. The van der Waals surface area contributed by atoms with E-state index in [1.807, 2.05) is 12.3 Å². The Morgan fingerprint density at radius 3 is 2.94 bits per heavy atom. The van der Waals surface area contributed by atoms with Gasteiger partial charge in [0.1, 0.15) is 15.6 Å². The van der Waals surface area contributed by atoms with Gasteiger partial charge in [-0.1, -0.05) is 0 Å². The lowest BCUT2D eigenvalue weighted by Crippen LogP contribution is -2.09. The van der Waals surface area contributed by atoms with E-state index >= 15 is 0 Å². The molecule has 0 aliphatic rings. The Hall–Kier alpha value is -1.47. The van der Waals surface area contributed by atoms with E-state index in [0.717, 1.165) is 5.01 Å². The third-order valence-electron chi connectivity index (χ3n) is 2.25. The number of carboxylic acids is 1. The maximum atomic E-state index is 11.1. The highest BCUT2D eigenvalue weighted by atomic mass is 32.1. The molecular weight excluding hydrogens is 258 g/mol. The van der Waals surface area contributed by atoms with Crippen molar-refractivity contribution in [2.24, 2.45) is 0 Å². The van der Waals surface area contributed by atoms with Gasteiger partial charge in [0.05, 0.1) is 11.7 Å². The van der Waals surface area contributed by atoms with Gasteiger partial charge in [0.2, 0.25) is 0 Å². The standard InChI is InChI=1S/C10H11N3O2S2/c1-5-7(10(14)15)9(17-13-5)12-6(2)8-11-3-4-16-8/h3-4,6,12H,1-2H3,(H,14,15). The SMILES string of the molecule is Cc1nsc(NC(C)c2nccs2)c1C(=O)O. The van der Waals surface area contributed by atoms with Gasteiger partial charge in [-0.25, -0.2) is 9.78 Å². The van der Waals surface area contributed by atoms with Crippen LogP contribution in [0.5, 0.6) is 0 Å². The number of aromatic nitrogens is 2. The molecule has 0 aliphatic carbocycles. The predicted molar refractivity (Wildman–Crippen MR) is 68.0 cm³/mol. The summed E-state index contributed by atoms with van der Waals surface area (Å²) in [5.41, 5.74) is 0.787. The lowest BCUT2D eigenvalue weighted by atomic mass is 10.2. The number of nitrogens with zero attached hydrogens (tertiary/aromatic N) is 2. The summed E-state index contributed by atoms with van der Waals surface area (Å²) in [6, 6.07) is -0.0204. The van der Waals surface area contributed by atoms with Crippen molar-refractivity contribution in [3.63, 3.8) is 0 Å². The van der Waals surface area contributed by atoms with Crippen LogP contribution in [0, 0.1) is 6.92 Å². The van der Waals surface area contributed by atoms with Gasteiger partial charge in [-0.15, -0.1) is 11.3 Å². The Morgan fingerprint density at radius 1 is 1.59 bits per heavy atom. The molecule has 2 N–H and O–H groups in total. The van der Waals surface area contributed by atoms with Gasteiger partial charge in [-0.05, 0) is 25.4 Å². The zero-order valence-corrected chi connectivity index (χ0v) is 10.9. The maximum Gasteiger partial charge on any atom is 0.340 e. The molecule has 0 aromatic carbocycles. The van der Waals surface area contributed by atoms with Gasteiger partial charge >= 0.3 is 5.97 Å². The molecule has 2 rings (SSSR count). The number of hydrogen-bond acceptors (Lipinski definition) is 6. The molecule has 2 aromatic rings. The Kier molecular flexibility index (Phi) is 3.39. The van der Waals surface area contributed by atoms with E-state index in [9.17, 15) is 4.79 Å². The van der Waals surface area contributed by atoms with Crippen LogP contribution in [-0.4, -0.2) is 20.4 Å². The molecule has 0 saturated heterocycles. The lowest BCUT2D eigenvalue weighted by molar-refractivity contribution is 0.0697. The third-order valence-corrected chi connectivity index (χ3v) is 4.07. The number of thiazole rings is 1. The first-order valence-corrected chi connectivity index (χ1v) is 6.60. The van der Waals surface area contributed by atoms with Crippen LogP contribution in [0.1, 0.15) is 34.0 Å². The Labute approximate surface area is 106 Å². The van der Waals surface area contributed by atoms with E-state index in [4.69, 9.17) is 5.11 Å². The topological polar surface area (TPSA) is 75.1 Å². The van der Waals surface area contributed by atoms with Gasteiger partial charge < -0.3 is 10.4 Å². The van der Waals surface area contributed by atoms with Crippen molar-refractivity contribution in [3.8, 4) is 0 Å². The molecule has 17 heavy (non-hydrogen) atoms. The summed E-state index contributed by atoms with van der Waals surface area (Å²) in [5.74, 6) is -0.954. The quantitative estimate of drug-likeness (QED) is 0.892. The number of anilines is 1. The van der Waals surface area contributed by atoms with Gasteiger partial charge in [0.15, 0.2) is 0 Å². The van der Waals surface area contributed by atoms with Crippen molar-refractivity contribution in [2.45, 2.75) is 19.9 Å². The van der Waals surface area contributed by atoms with Crippen molar-refractivity contribution in [3.05, 3.63) is 27.8 Å². The van der Waals surface area contributed by atoms with Gasteiger partial charge in [-0.2, -0.15) is 4.37 Å². The van der Waals surface area contributed by atoms with Gasteiger partial charge in [-0.3, -0.25) is 0 Å². The summed E-state index contributed by atoms with van der Waals surface area (Å²) in [7, 11) is 0. The second-order valence-corrected chi connectivity index (χ2v) is 5.21. The molecule has 0 aliphatic heterocycles. The van der Waals surface area contributed by atoms with E-state index in [1.165, 1.54) is 22.9 Å². The fraction of sp³-hybridized carbons (Fsp3) is 0.300. The predicted octanol–water partition coefficient (Wildman–Crippen LogP) is 2.78. The van der Waals surface area contributed by atoms with Crippen LogP contribution in [0.25, 0.3) is 0 Å². The zero-order valence-electron chi connectivity index (χ0n) is 9.30. The molecule has 0 saturated carbocycles. The third kappa shape index (κ3) is 2.45. The normalized spacial score (nSPS) is 12.4. The minimum atomic E-state index is -0.954. The molecule has 5 nitrogen and oxygen atoms in total. The number of aromatic carboxylic acids is 1. The summed E-state index contributed by atoms with van der Waals surface area (Å²) in [5, 5.41) is 15.6. The number of rotatable bonds is 4. The first-order chi connectivity index (χ1) is 8.09. The second-order valence-electron chi connectivity index (χ2n) is 3.51. The van der Waals surface area contributed by atoms with Crippen LogP contribution < -0.4 is 5.32 Å². The highest BCUT2D eigenvalue weighted by molar-refractivity contribution is 7.11. The van der Waals surface area contributed by atoms with Crippen molar-refractivity contribution in [1.29, 1.82) is 0 Å². The average molecular weight is 269 g/mol. The van der Waals surface area contributed by atoms with Crippen LogP contribution in [-0.2, 0) is 0 Å². The molecule has 2 heterocycles. The fourth-order valence-corrected chi connectivity index (χ4v) is 2.95. The number of aryl methyl sites for hydroxylation is 1. The Balaban J connectivity index is 2.22. The first kappa shape index (κ1) is 12.0. The smallest absolute Gasteiger partial charge is 0.340 e. The minimum absolute atomic E-state index is 0.0204. The number of nitrogens with one attached hydrogen (secondary N) is 1. The van der Waals surface area contributed by atoms with E-state index < -0.39 is 5.97 Å². The Morgan fingerprint density at radius 2 is 2.35 bits per heavy atom. The molecule has 0 radical (unpaired) electrons. The molecule has 2 aromatic heterocycles. The first-order valence-electron chi connectivity index (χ1n) is 4.95. The maximum absolute atomic E-state index is 11.1. The largest absolute Gasteiger partial charge is 0.478 e. The van der Waals surface area contributed by atoms with Gasteiger partial charge in [0, 0.05) is 11.6 Å². The molecule has 0 amide bonds. The van der Waals surface area contributed by atoms with Crippen molar-refractivity contribution < 1.29 is 9.90 Å². The van der Waals surface area contributed by atoms with Crippen LogP contribution in [0.3, 0.4) is 0 Å². The van der Waals surface area contributed by atoms with E-state index in [0.29, 0.717) is 10.7 Å². The minimum Gasteiger partial charge on any atom is -0.478 e. The molecule has 7 heteroatoms. The number of carbonyl (C=O) groups is 1. The number of hydrogen-bond donors (Lipinski definition) is 2. The zero-order chi connectivity index (χ0) is 12.4. The molecule has 0 bridgehead atoms. The number of carboxylic acid groups (broad SMARTS) is 1. The molecule has 90 valence electrons. The lowest BCUT2D eigenvalue weighted by Gasteiger charge is -2.11. The molecule has 1 atom stereocenters. The van der Waals surface area contributed by atoms with E-state index in [2.05, 4.69) is 14.7 Å². The fourth-order valence-electron chi connectivity index (χ4n) is 1.43. The van der Waals surface area contributed by atoms with Gasteiger partial charge in [0.25, 0.3) is 0 Å².